The minimum Gasteiger partial charge on any atom is -0.207 e. The van der Waals surface area contributed by atoms with E-state index < -0.39 is 0 Å². The third-order valence-corrected chi connectivity index (χ3v) is 4.98. The summed E-state index contributed by atoms with van der Waals surface area (Å²) >= 11 is 3.83. The molecule has 2 rings (SSSR count). The maximum absolute atomic E-state index is 13.1. The molecule has 0 aromatic heterocycles. The molecule has 0 amide bonds. The largest absolute Gasteiger partial charge is 0.207 e. The maximum atomic E-state index is 13.1. The first-order valence-corrected chi connectivity index (χ1v) is 8.56. The number of aryl methyl sites for hydroxylation is 3. The molecule has 1 atom stereocenters. The van der Waals surface area contributed by atoms with Gasteiger partial charge in [-0.3, -0.25) is 0 Å². The van der Waals surface area contributed by atoms with Crippen molar-refractivity contribution in [1.82, 2.24) is 0 Å². The Morgan fingerprint density at radius 1 is 0.905 bits per heavy atom. The minimum atomic E-state index is -0.189. The first kappa shape index (κ1) is 16.2. The topological polar surface area (TPSA) is 0 Å². The first-order valence-electron chi connectivity index (χ1n) is 7.64. The van der Waals surface area contributed by atoms with Crippen LogP contribution in [0.15, 0.2) is 36.4 Å². The molecule has 0 N–H and O–H groups in total. The second kappa shape index (κ2) is 7.22. The van der Waals surface area contributed by atoms with Gasteiger partial charge in [0, 0.05) is 0 Å². The number of benzene rings is 2. The fraction of sp³-hybridized carbons (Fsp3) is 0.368. The van der Waals surface area contributed by atoms with E-state index in [0.29, 0.717) is 0 Å². The third-order valence-electron chi connectivity index (χ3n) is 4.00. The summed E-state index contributed by atoms with van der Waals surface area (Å²) < 4.78 is 13.1. The van der Waals surface area contributed by atoms with Crippen molar-refractivity contribution >= 4 is 15.9 Å². The second-order valence-electron chi connectivity index (χ2n) is 5.30. The molecule has 0 fully saturated rings. The van der Waals surface area contributed by atoms with Crippen LogP contribution in [-0.4, -0.2) is 0 Å². The molecule has 1 unspecified atom stereocenters. The molecule has 0 bridgehead atoms. The van der Waals surface area contributed by atoms with Gasteiger partial charge in [0.25, 0.3) is 0 Å². The lowest BCUT2D eigenvalue weighted by atomic mass is 9.89. The van der Waals surface area contributed by atoms with E-state index in [9.17, 15) is 4.39 Å². The monoisotopic (exact) mass is 348 g/mol. The van der Waals surface area contributed by atoms with Crippen LogP contribution < -0.4 is 0 Å². The Hall–Kier alpha value is -1.15. The SMILES string of the molecule is CCc1cc(CC)c(C(Br)c2ccc(F)cc2)c(CC)c1. The van der Waals surface area contributed by atoms with Gasteiger partial charge in [-0.05, 0) is 59.2 Å². The van der Waals surface area contributed by atoms with Crippen LogP contribution in [0.5, 0.6) is 0 Å². The van der Waals surface area contributed by atoms with E-state index in [-0.39, 0.29) is 10.6 Å². The van der Waals surface area contributed by atoms with Gasteiger partial charge in [-0.2, -0.15) is 0 Å². The number of halogens is 2. The van der Waals surface area contributed by atoms with Gasteiger partial charge >= 0.3 is 0 Å². The molecule has 0 spiro atoms. The second-order valence-corrected chi connectivity index (χ2v) is 6.22. The van der Waals surface area contributed by atoms with Crippen LogP contribution in [0.25, 0.3) is 0 Å². The summed E-state index contributed by atoms with van der Waals surface area (Å²) in [5.41, 5.74) is 6.62. The Bertz CT molecular complexity index is 576. The summed E-state index contributed by atoms with van der Waals surface area (Å²) in [6, 6.07) is 11.4. The molecule has 0 aliphatic heterocycles. The van der Waals surface area contributed by atoms with Crippen molar-refractivity contribution in [3.8, 4) is 0 Å². The molecule has 0 aliphatic carbocycles. The van der Waals surface area contributed by atoms with Gasteiger partial charge in [-0.25, -0.2) is 4.39 Å². The van der Waals surface area contributed by atoms with Crippen molar-refractivity contribution in [3.05, 3.63) is 70.0 Å². The van der Waals surface area contributed by atoms with Gasteiger partial charge in [-0.1, -0.05) is 61.0 Å². The molecule has 2 aromatic carbocycles. The Morgan fingerprint density at radius 3 is 1.86 bits per heavy atom. The first-order chi connectivity index (χ1) is 10.1. The summed E-state index contributed by atoms with van der Waals surface area (Å²) in [5, 5.41) is 0. The fourth-order valence-corrected chi connectivity index (χ4v) is 3.66. The molecule has 0 saturated carbocycles. The van der Waals surface area contributed by atoms with E-state index in [2.05, 4.69) is 48.8 Å². The smallest absolute Gasteiger partial charge is 0.123 e. The van der Waals surface area contributed by atoms with E-state index in [4.69, 9.17) is 0 Å². The number of hydrogen-bond acceptors (Lipinski definition) is 0. The van der Waals surface area contributed by atoms with E-state index >= 15 is 0 Å². The highest BCUT2D eigenvalue weighted by Crippen LogP contribution is 2.36. The van der Waals surface area contributed by atoms with Crippen molar-refractivity contribution in [1.29, 1.82) is 0 Å². The van der Waals surface area contributed by atoms with E-state index in [0.717, 1.165) is 24.8 Å². The Kier molecular flexibility index (Phi) is 5.58. The summed E-state index contributed by atoms with van der Waals surface area (Å²) in [6.07, 6.45) is 3.09. The van der Waals surface area contributed by atoms with Crippen molar-refractivity contribution < 1.29 is 4.39 Å². The van der Waals surface area contributed by atoms with Crippen LogP contribution in [0.3, 0.4) is 0 Å². The quantitative estimate of drug-likeness (QED) is 0.581. The zero-order chi connectivity index (χ0) is 15.4. The molecular formula is C19H22BrF. The Morgan fingerprint density at radius 2 is 1.43 bits per heavy atom. The molecule has 0 heterocycles. The minimum absolute atomic E-state index is 0.119. The maximum Gasteiger partial charge on any atom is 0.123 e. The van der Waals surface area contributed by atoms with E-state index in [1.54, 1.807) is 0 Å². The number of hydrogen-bond donors (Lipinski definition) is 0. The van der Waals surface area contributed by atoms with Gasteiger partial charge in [0.1, 0.15) is 5.82 Å². The zero-order valence-corrected chi connectivity index (χ0v) is 14.5. The molecule has 0 nitrogen and oxygen atoms in total. The molecule has 0 aliphatic rings. The van der Waals surface area contributed by atoms with Crippen LogP contribution in [-0.2, 0) is 19.3 Å². The van der Waals surface area contributed by atoms with Crippen LogP contribution >= 0.6 is 15.9 Å². The lowest BCUT2D eigenvalue weighted by Gasteiger charge is -2.20. The van der Waals surface area contributed by atoms with Gasteiger partial charge < -0.3 is 0 Å². The Balaban J connectivity index is 2.52. The fourth-order valence-electron chi connectivity index (χ4n) is 2.76. The molecule has 0 saturated heterocycles. The summed E-state index contributed by atoms with van der Waals surface area (Å²) in [7, 11) is 0. The third kappa shape index (κ3) is 3.55. The van der Waals surface area contributed by atoms with Crippen LogP contribution in [0.1, 0.15) is 53.4 Å². The summed E-state index contributed by atoms with van der Waals surface area (Å²) in [5.74, 6) is -0.189. The normalized spacial score (nSPS) is 12.4. The standard InChI is InChI=1S/C19H22BrF/c1-4-13-11-14(5-2)18(15(6-3)12-13)19(20)16-7-9-17(21)10-8-16/h7-12,19H,4-6H2,1-3H3. The highest BCUT2D eigenvalue weighted by atomic mass is 79.9. The molecular weight excluding hydrogens is 327 g/mol. The molecule has 21 heavy (non-hydrogen) atoms. The van der Waals surface area contributed by atoms with Crippen molar-refractivity contribution in [3.63, 3.8) is 0 Å². The van der Waals surface area contributed by atoms with E-state index in [1.807, 2.05) is 12.1 Å². The number of alkyl halides is 1. The highest BCUT2D eigenvalue weighted by molar-refractivity contribution is 9.09. The van der Waals surface area contributed by atoms with Crippen LogP contribution in [0.4, 0.5) is 4.39 Å². The lowest BCUT2D eigenvalue weighted by Crippen LogP contribution is -2.05. The van der Waals surface area contributed by atoms with Crippen LogP contribution in [0, 0.1) is 5.82 Å². The van der Waals surface area contributed by atoms with E-state index in [1.165, 1.54) is 34.4 Å². The van der Waals surface area contributed by atoms with Crippen LogP contribution in [0.2, 0.25) is 0 Å². The highest BCUT2D eigenvalue weighted by Gasteiger charge is 2.18. The zero-order valence-electron chi connectivity index (χ0n) is 12.9. The van der Waals surface area contributed by atoms with Crippen molar-refractivity contribution in [2.45, 2.75) is 44.9 Å². The molecule has 0 radical (unpaired) electrons. The van der Waals surface area contributed by atoms with Gasteiger partial charge in [0.15, 0.2) is 0 Å². The average Bonchev–Trinajstić information content (AvgIpc) is 2.53. The van der Waals surface area contributed by atoms with Crippen molar-refractivity contribution in [2.75, 3.05) is 0 Å². The summed E-state index contributed by atoms with van der Waals surface area (Å²) in [6.45, 7) is 6.59. The van der Waals surface area contributed by atoms with Gasteiger partial charge in [-0.15, -0.1) is 0 Å². The molecule has 2 heteroatoms. The average molecular weight is 349 g/mol. The Labute approximate surface area is 135 Å². The summed E-state index contributed by atoms with van der Waals surface area (Å²) in [4.78, 5) is 0.119. The molecule has 112 valence electrons. The van der Waals surface area contributed by atoms with Crippen molar-refractivity contribution in [2.24, 2.45) is 0 Å². The predicted octanol–water partition coefficient (Wildman–Crippen LogP) is 6.00. The molecule has 2 aromatic rings. The lowest BCUT2D eigenvalue weighted by molar-refractivity contribution is 0.627. The number of rotatable bonds is 5. The predicted molar refractivity (Wildman–Crippen MR) is 91.7 cm³/mol. The van der Waals surface area contributed by atoms with Gasteiger partial charge in [0.05, 0.1) is 4.83 Å². The van der Waals surface area contributed by atoms with Gasteiger partial charge in [0.2, 0.25) is 0 Å².